The lowest BCUT2D eigenvalue weighted by atomic mass is 10.1. The number of halogens is 1. The number of aryl methyl sites for hydroxylation is 4. The Bertz CT molecular complexity index is 1050. The minimum atomic E-state index is -0.651. The van der Waals surface area contributed by atoms with Crippen LogP contribution in [-0.4, -0.2) is 14.8 Å². The van der Waals surface area contributed by atoms with Gasteiger partial charge in [-0.3, -0.25) is 25.2 Å². The van der Waals surface area contributed by atoms with Gasteiger partial charge in [0, 0.05) is 58.5 Å². The molecule has 0 aliphatic rings. The molecule has 3 aromatic rings. The largest absolute Gasteiger partial charge is 1.00 e. The lowest BCUT2D eigenvalue weighted by molar-refractivity contribution is -0.601. The van der Waals surface area contributed by atoms with Gasteiger partial charge >= 0.3 is 5.69 Å². The summed E-state index contributed by atoms with van der Waals surface area (Å²) in [6.45, 7) is 7.96. The third kappa shape index (κ3) is 8.87. The second-order valence-corrected chi connectivity index (χ2v) is 6.37. The Kier molecular flexibility index (Phi) is 15.0. The maximum absolute atomic E-state index is 11.1. The lowest BCUT2D eigenvalue weighted by Crippen LogP contribution is -3.00. The highest BCUT2D eigenvalue weighted by Gasteiger charge is 2.26. The lowest BCUT2D eigenvalue weighted by Gasteiger charge is -2.01. The van der Waals surface area contributed by atoms with Crippen molar-refractivity contribution < 1.29 is 26.8 Å². The van der Waals surface area contributed by atoms with Gasteiger partial charge in [-0.1, -0.05) is 0 Å². The number of hydrogen-bond acceptors (Lipinski definition) is 7. The van der Waals surface area contributed by atoms with Gasteiger partial charge in [-0.25, -0.2) is 0 Å². The van der Waals surface area contributed by atoms with Crippen LogP contribution in [0.15, 0.2) is 55.1 Å². The summed E-state index contributed by atoms with van der Waals surface area (Å²) < 4.78 is 1.59. The first kappa shape index (κ1) is 31.6. The van der Waals surface area contributed by atoms with Crippen molar-refractivity contribution in [1.82, 2.24) is 4.98 Å². The molecule has 0 bridgehead atoms. The van der Waals surface area contributed by atoms with E-state index in [4.69, 9.17) is 0 Å². The molecule has 0 N–H and O–H groups in total. The topological polar surface area (TPSA) is 103 Å². The second kappa shape index (κ2) is 15.2. The first-order valence-electron chi connectivity index (χ1n) is 8.66. The highest BCUT2D eigenvalue weighted by atomic mass is 35.5. The molecular formula is C20H23ClN4O4S3. The number of nitro benzene ring substituents is 2. The quantitative estimate of drug-likeness (QED) is 0.294. The van der Waals surface area contributed by atoms with Gasteiger partial charge in [-0.15, -0.1) is 0 Å². The van der Waals surface area contributed by atoms with Gasteiger partial charge in [0.05, 0.1) is 9.85 Å². The van der Waals surface area contributed by atoms with E-state index in [-0.39, 0.29) is 37.3 Å². The van der Waals surface area contributed by atoms with Crippen LogP contribution in [0.5, 0.6) is 0 Å². The molecule has 0 atom stereocenters. The van der Waals surface area contributed by atoms with Crippen LogP contribution in [-0.2, 0) is 22.4 Å². The van der Waals surface area contributed by atoms with Gasteiger partial charge in [-0.2, -0.15) is 18.1 Å². The minimum absolute atomic E-state index is 0. The molecule has 2 aromatic heterocycles. The van der Waals surface area contributed by atoms with E-state index in [1.807, 2.05) is 38.4 Å². The zero-order chi connectivity index (χ0) is 22.8. The summed E-state index contributed by atoms with van der Waals surface area (Å²) in [6, 6.07) is 7.45. The smallest absolute Gasteiger partial charge is 0.347 e. The van der Waals surface area contributed by atoms with E-state index in [9.17, 15) is 20.2 Å². The molecule has 0 unspecified atom stereocenters. The summed E-state index contributed by atoms with van der Waals surface area (Å²) in [5.41, 5.74) is 4.29. The molecule has 0 aliphatic carbocycles. The van der Waals surface area contributed by atoms with E-state index in [1.54, 1.807) is 17.0 Å². The Hall–Kier alpha value is -2.60. The van der Waals surface area contributed by atoms with Crippen LogP contribution in [0, 0.1) is 47.9 Å². The molecule has 32 heavy (non-hydrogen) atoms. The average molecular weight is 515 g/mol. The van der Waals surface area contributed by atoms with Crippen LogP contribution < -0.4 is 17.0 Å². The van der Waals surface area contributed by atoms with Crippen LogP contribution >= 0.6 is 13.5 Å². The van der Waals surface area contributed by atoms with E-state index in [0.717, 1.165) is 17.2 Å². The SMILES string of the molecule is Cc1cc[n+](-c2ccc([N+](=O)[O-])cc2[N+](=O)[O-])cc1C.Cc1ccncc1C.S.S=S.[Cl-]. The zero-order valence-electron chi connectivity index (χ0n) is 17.8. The maximum Gasteiger partial charge on any atom is 0.347 e. The summed E-state index contributed by atoms with van der Waals surface area (Å²) in [5, 5.41) is 21.8. The molecule has 0 spiro atoms. The van der Waals surface area contributed by atoms with Crippen LogP contribution in [0.3, 0.4) is 0 Å². The number of pyridine rings is 2. The number of rotatable bonds is 3. The first-order chi connectivity index (χ1) is 14.2. The maximum atomic E-state index is 11.1. The van der Waals surface area contributed by atoms with Crippen LogP contribution in [0.1, 0.15) is 22.3 Å². The third-order valence-corrected chi connectivity index (χ3v) is 4.39. The van der Waals surface area contributed by atoms with Crippen molar-refractivity contribution in [3.8, 4) is 5.69 Å². The fraction of sp³-hybridized carbons (Fsp3) is 0.200. The van der Waals surface area contributed by atoms with Gasteiger partial charge in [0.1, 0.15) is 6.07 Å². The van der Waals surface area contributed by atoms with Gasteiger partial charge in [0.15, 0.2) is 12.4 Å². The molecule has 8 nitrogen and oxygen atoms in total. The number of aromatic nitrogens is 2. The van der Waals surface area contributed by atoms with E-state index in [0.29, 0.717) is 5.69 Å². The Labute approximate surface area is 209 Å². The Morgan fingerprint density at radius 2 is 1.47 bits per heavy atom. The number of non-ortho nitro benzene ring substituents is 1. The van der Waals surface area contributed by atoms with Crippen molar-refractivity contribution in [3.05, 3.63) is 97.6 Å². The number of hydrogen-bond donors (Lipinski definition) is 0. The summed E-state index contributed by atoms with van der Waals surface area (Å²) in [6.07, 6.45) is 7.12. The standard InChI is InChI=1S/C13H12N3O4.C7H9N.ClH.S2.H2S/c1-9-5-6-14(8-10(9)2)12-4-3-11(15(17)18)7-13(12)16(19)20;1-6-3-4-8-5-7(6)2;;1-2;/h3-8H,1-2H3;3-5H,1-2H3;1H;;1H2/q+1;;;;/p-1. The van der Waals surface area contributed by atoms with Gasteiger partial charge < -0.3 is 12.4 Å². The minimum Gasteiger partial charge on any atom is -1.00 e. The summed E-state index contributed by atoms with van der Waals surface area (Å²) in [7, 11) is 0. The fourth-order valence-electron chi connectivity index (χ4n) is 2.36. The van der Waals surface area contributed by atoms with Gasteiger partial charge in [0.2, 0.25) is 0 Å². The van der Waals surface area contributed by atoms with Crippen molar-refractivity contribution >= 4 is 47.2 Å². The van der Waals surface area contributed by atoms with E-state index in [1.165, 1.54) is 23.3 Å². The van der Waals surface area contributed by atoms with E-state index < -0.39 is 9.85 Å². The highest BCUT2D eigenvalue weighted by molar-refractivity contribution is 8.07. The molecule has 0 radical (unpaired) electrons. The van der Waals surface area contributed by atoms with Crippen molar-refractivity contribution in [2.24, 2.45) is 0 Å². The molecule has 12 heteroatoms. The number of nitrogens with zero attached hydrogens (tertiary/aromatic N) is 4. The van der Waals surface area contributed by atoms with E-state index >= 15 is 0 Å². The molecule has 3 rings (SSSR count). The molecular weight excluding hydrogens is 492 g/mol. The van der Waals surface area contributed by atoms with Crippen LogP contribution in [0.25, 0.3) is 5.69 Å². The van der Waals surface area contributed by atoms with Gasteiger partial charge in [0.25, 0.3) is 11.4 Å². The number of nitro groups is 2. The van der Waals surface area contributed by atoms with Crippen molar-refractivity contribution in [1.29, 1.82) is 0 Å². The zero-order valence-corrected chi connectivity index (χ0v) is 21.2. The first-order valence-corrected chi connectivity index (χ1v) is 9.99. The van der Waals surface area contributed by atoms with Crippen molar-refractivity contribution in [2.75, 3.05) is 0 Å². The average Bonchev–Trinajstić information content (AvgIpc) is 2.73. The molecule has 1 aromatic carbocycles. The predicted molar refractivity (Wildman–Crippen MR) is 130 cm³/mol. The second-order valence-electron chi connectivity index (χ2n) is 6.37. The Morgan fingerprint density at radius 1 is 0.875 bits per heavy atom. The Morgan fingerprint density at radius 3 is 1.91 bits per heavy atom. The monoisotopic (exact) mass is 514 g/mol. The highest BCUT2D eigenvalue weighted by Crippen LogP contribution is 2.24. The fourth-order valence-corrected chi connectivity index (χ4v) is 2.36. The van der Waals surface area contributed by atoms with Crippen LogP contribution in [0.2, 0.25) is 0 Å². The summed E-state index contributed by atoms with van der Waals surface area (Å²) in [5.74, 6) is 0. The van der Waals surface area contributed by atoms with E-state index in [2.05, 4.69) is 41.2 Å². The van der Waals surface area contributed by atoms with Crippen molar-refractivity contribution in [3.63, 3.8) is 0 Å². The molecule has 2 heterocycles. The molecule has 0 saturated carbocycles. The third-order valence-electron chi connectivity index (χ3n) is 4.39. The van der Waals surface area contributed by atoms with Crippen LogP contribution in [0.4, 0.5) is 11.4 Å². The van der Waals surface area contributed by atoms with Crippen molar-refractivity contribution in [2.45, 2.75) is 27.7 Å². The number of benzene rings is 1. The summed E-state index contributed by atoms with van der Waals surface area (Å²) >= 11 is 7.33. The molecule has 0 saturated heterocycles. The molecule has 172 valence electrons. The predicted octanol–water partition coefficient (Wildman–Crippen LogP) is 1.21. The Balaban J connectivity index is 0. The van der Waals surface area contributed by atoms with Gasteiger partial charge in [-0.05, 0) is 50.5 Å². The molecule has 0 aliphatic heterocycles. The normalized spacial score (nSPS) is 8.88. The molecule has 0 amide bonds. The summed E-state index contributed by atoms with van der Waals surface area (Å²) in [4.78, 5) is 24.5. The molecule has 0 fully saturated rings.